The van der Waals surface area contributed by atoms with Crippen molar-refractivity contribution in [3.63, 3.8) is 0 Å². The van der Waals surface area contributed by atoms with Crippen molar-refractivity contribution < 1.29 is 9.47 Å². The maximum Gasteiger partial charge on any atom is 0.136 e. The van der Waals surface area contributed by atoms with Gasteiger partial charge in [-0.3, -0.25) is 0 Å². The lowest BCUT2D eigenvalue weighted by atomic mass is 10.0. The normalized spacial score (nSPS) is 13.3. The summed E-state index contributed by atoms with van der Waals surface area (Å²) in [6.45, 7) is 17.4. The first kappa shape index (κ1) is 28.4. The number of hydrogen-bond donors (Lipinski definition) is 0. The highest BCUT2D eigenvalue weighted by molar-refractivity contribution is 14.1. The van der Waals surface area contributed by atoms with Crippen LogP contribution in [-0.2, 0) is 0 Å². The van der Waals surface area contributed by atoms with Crippen LogP contribution in [0.4, 0.5) is 0 Å². The van der Waals surface area contributed by atoms with Crippen LogP contribution < -0.4 is 9.47 Å². The molecule has 0 saturated heterocycles. The molecule has 0 bridgehead atoms. The highest BCUT2D eigenvalue weighted by Gasteiger charge is 2.15. The fraction of sp³-hybridized carbons (Fsp3) is 0.704. The molecule has 0 aliphatic heterocycles. The van der Waals surface area contributed by atoms with E-state index in [9.17, 15) is 0 Å². The lowest BCUT2D eigenvalue weighted by molar-refractivity contribution is 0.226. The Morgan fingerprint density at radius 2 is 1.35 bits per heavy atom. The molecule has 0 saturated carbocycles. The van der Waals surface area contributed by atoms with Crippen LogP contribution in [0.25, 0.3) is 0 Å². The Bertz CT molecular complexity index is 700. The summed E-state index contributed by atoms with van der Waals surface area (Å²) in [6, 6.07) is 4.24. The van der Waals surface area contributed by atoms with Gasteiger partial charge >= 0.3 is 0 Å². The molecule has 0 spiro atoms. The van der Waals surface area contributed by atoms with Gasteiger partial charge in [-0.15, -0.1) is 5.54 Å². The van der Waals surface area contributed by atoms with E-state index in [0.29, 0.717) is 11.8 Å². The quantitative estimate of drug-likeness (QED) is 0.130. The zero-order valence-electron chi connectivity index (χ0n) is 21.1. The second-order valence-electron chi connectivity index (χ2n) is 9.73. The van der Waals surface area contributed by atoms with E-state index in [1.807, 2.05) is 0 Å². The van der Waals surface area contributed by atoms with Gasteiger partial charge in [0.25, 0.3) is 0 Å². The monoisotopic (exact) mass is 556 g/mol. The van der Waals surface area contributed by atoms with E-state index in [1.165, 1.54) is 38.5 Å². The van der Waals surface area contributed by atoms with Gasteiger partial charge in [0, 0.05) is 6.07 Å². The molecule has 0 aromatic heterocycles. The summed E-state index contributed by atoms with van der Waals surface area (Å²) in [5.74, 6) is 6.53. The van der Waals surface area contributed by atoms with Gasteiger partial charge in [0.1, 0.15) is 19.6 Å². The molecule has 4 heteroatoms. The van der Waals surface area contributed by atoms with E-state index in [1.54, 1.807) is 0 Å². The first-order valence-electron chi connectivity index (χ1n) is 12.4. The SMILES string of the molecule is CCCCC(CC)COc1cc(C#C[Si](C)(C)C)c(OCC(CC)CCCC)cc1I. The van der Waals surface area contributed by atoms with E-state index in [4.69, 9.17) is 9.47 Å². The van der Waals surface area contributed by atoms with E-state index in [0.717, 1.165) is 46.7 Å². The predicted octanol–water partition coefficient (Wildman–Crippen LogP) is 8.71. The molecular formula is C27H45IO2Si. The molecule has 0 amide bonds. The Kier molecular flexibility index (Phi) is 13.9. The van der Waals surface area contributed by atoms with Gasteiger partial charge in [-0.05, 0) is 53.3 Å². The largest absolute Gasteiger partial charge is 0.492 e. The summed E-state index contributed by atoms with van der Waals surface area (Å²) in [4.78, 5) is 0. The first-order chi connectivity index (χ1) is 14.7. The molecular weight excluding hydrogens is 511 g/mol. The van der Waals surface area contributed by atoms with Crippen LogP contribution in [0.15, 0.2) is 12.1 Å². The third-order valence-electron chi connectivity index (χ3n) is 5.64. The van der Waals surface area contributed by atoms with Crippen LogP contribution in [0.3, 0.4) is 0 Å². The molecule has 1 aromatic rings. The molecule has 0 heterocycles. The number of hydrogen-bond acceptors (Lipinski definition) is 2. The van der Waals surface area contributed by atoms with Crippen LogP contribution in [0, 0.1) is 26.9 Å². The van der Waals surface area contributed by atoms with Crippen LogP contribution in [0.5, 0.6) is 11.5 Å². The summed E-state index contributed by atoms with van der Waals surface area (Å²) in [6.07, 6.45) is 9.82. The summed E-state index contributed by atoms with van der Waals surface area (Å²) in [5.41, 5.74) is 4.49. The van der Waals surface area contributed by atoms with Crippen molar-refractivity contribution in [1.29, 1.82) is 0 Å². The maximum absolute atomic E-state index is 6.34. The topological polar surface area (TPSA) is 18.5 Å². The maximum atomic E-state index is 6.34. The third kappa shape index (κ3) is 11.7. The van der Waals surface area contributed by atoms with Gasteiger partial charge in [-0.1, -0.05) is 91.8 Å². The predicted molar refractivity (Wildman–Crippen MR) is 147 cm³/mol. The average molecular weight is 557 g/mol. The van der Waals surface area contributed by atoms with Gasteiger partial charge < -0.3 is 9.47 Å². The molecule has 0 radical (unpaired) electrons. The van der Waals surface area contributed by atoms with Crippen LogP contribution in [0.2, 0.25) is 19.6 Å². The smallest absolute Gasteiger partial charge is 0.136 e. The van der Waals surface area contributed by atoms with Crippen molar-refractivity contribution in [3.8, 4) is 23.0 Å². The van der Waals surface area contributed by atoms with E-state index in [2.05, 4.69) is 93.5 Å². The van der Waals surface area contributed by atoms with Gasteiger partial charge in [0.15, 0.2) is 0 Å². The van der Waals surface area contributed by atoms with E-state index >= 15 is 0 Å². The fourth-order valence-electron chi connectivity index (χ4n) is 3.33. The third-order valence-corrected chi connectivity index (χ3v) is 7.36. The highest BCUT2D eigenvalue weighted by atomic mass is 127. The number of rotatable bonds is 14. The van der Waals surface area contributed by atoms with Crippen molar-refractivity contribution in [1.82, 2.24) is 0 Å². The Balaban J connectivity index is 3.05. The molecule has 31 heavy (non-hydrogen) atoms. The van der Waals surface area contributed by atoms with E-state index in [-0.39, 0.29) is 0 Å². The second kappa shape index (κ2) is 15.2. The average Bonchev–Trinajstić information content (AvgIpc) is 2.73. The molecule has 1 rings (SSSR count). The zero-order valence-corrected chi connectivity index (χ0v) is 24.2. The van der Waals surface area contributed by atoms with Crippen molar-refractivity contribution >= 4 is 30.7 Å². The lowest BCUT2D eigenvalue weighted by Crippen LogP contribution is -2.16. The minimum atomic E-state index is -1.48. The first-order valence-corrected chi connectivity index (χ1v) is 16.9. The van der Waals surface area contributed by atoms with Crippen molar-refractivity contribution in [2.45, 2.75) is 98.7 Å². The van der Waals surface area contributed by atoms with Crippen LogP contribution in [-0.4, -0.2) is 21.3 Å². The van der Waals surface area contributed by atoms with Crippen molar-refractivity contribution in [2.24, 2.45) is 11.8 Å². The molecule has 2 nitrogen and oxygen atoms in total. The lowest BCUT2D eigenvalue weighted by Gasteiger charge is -2.19. The van der Waals surface area contributed by atoms with Gasteiger partial charge in [-0.25, -0.2) is 0 Å². The number of benzene rings is 1. The molecule has 176 valence electrons. The molecule has 0 aliphatic carbocycles. The molecule has 2 unspecified atom stereocenters. The second-order valence-corrected chi connectivity index (χ2v) is 15.6. The van der Waals surface area contributed by atoms with Crippen LogP contribution in [0.1, 0.15) is 84.6 Å². The Labute approximate surface area is 207 Å². The standard InChI is InChI=1S/C27H45IO2Si/c1-8-12-14-22(10-3)20-29-26-19-25(28)27(18-24(26)16-17-31(5,6)7)30-21-23(11-4)15-13-9-2/h18-19,22-23H,8-15,20-21H2,1-7H3. The minimum Gasteiger partial charge on any atom is -0.492 e. The zero-order chi connectivity index (χ0) is 23.3. The molecule has 0 aliphatic rings. The number of ether oxygens (including phenoxy) is 2. The number of unbranched alkanes of at least 4 members (excludes halogenated alkanes) is 2. The Morgan fingerprint density at radius 3 is 1.81 bits per heavy atom. The van der Waals surface area contributed by atoms with E-state index < -0.39 is 8.07 Å². The Morgan fingerprint density at radius 1 is 0.839 bits per heavy atom. The highest BCUT2D eigenvalue weighted by Crippen LogP contribution is 2.31. The summed E-state index contributed by atoms with van der Waals surface area (Å²) in [7, 11) is -1.48. The molecule has 0 fully saturated rings. The van der Waals surface area contributed by atoms with Gasteiger partial charge in [-0.2, -0.15) is 0 Å². The van der Waals surface area contributed by atoms with Crippen molar-refractivity contribution in [3.05, 3.63) is 21.3 Å². The Hall–Kier alpha value is -0.673. The van der Waals surface area contributed by atoms with Crippen molar-refractivity contribution in [2.75, 3.05) is 13.2 Å². The summed E-state index contributed by atoms with van der Waals surface area (Å²) in [5, 5.41) is 0. The minimum absolute atomic E-state index is 0.607. The summed E-state index contributed by atoms with van der Waals surface area (Å²) >= 11 is 2.38. The molecule has 1 aromatic carbocycles. The molecule has 0 N–H and O–H groups in total. The fourth-order valence-corrected chi connectivity index (χ4v) is 4.43. The van der Waals surface area contributed by atoms with Crippen LogP contribution >= 0.6 is 22.6 Å². The number of halogens is 1. The molecule has 2 atom stereocenters. The summed E-state index contributed by atoms with van der Waals surface area (Å²) < 4.78 is 13.7. The van der Waals surface area contributed by atoms with Gasteiger partial charge in [0.05, 0.1) is 22.3 Å². The van der Waals surface area contributed by atoms with Gasteiger partial charge in [0.2, 0.25) is 0 Å².